The molecule has 2 atom stereocenters. The van der Waals surface area contributed by atoms with Gasteiger partial charge in [-0.1, -0.05) is 103 Å². The second-order valence-electron chi connectivity index (χ2n) is 9.74. The molecular formula is C34H37N3OS2. The maximum atomic E-state index is 11.9. The largest absolute Gasteiger partial charge is 0.351 e. The smallest absolute Gasteiger partial charge is 0.237 e. The Bertz CT molecular complexity index is 1430. The fourth-order valence-electron chi connectivity index (χ4n) is 4.43. The van der Waals surface area contributed by atoms with Crippen LogP contribution in [0.2, 0.25) is 0 Å². The summed E-state index contributed by atoms with van der Waals surface area (Å²) in [6.45, 7) is 0.557. The van der Waals surface area contributed by atoms with Crippen LogP contribution in [0.4, 0.5) is 0 Å². The van der Waals surface area contributed by atoms with Gasteiger partial charge in [0.15, 0.2) is 0 Å². The predicted octanol–water partition coefficient (Wildman–Crippen LogP) is 6.85. The Morgan fingerprint density at radius 2 is 1.27 bits per heavy atom. The molecule has 0 aliphatic carbocycles. The first-order valence-electron chi connectivity index (χ1n) is 13.6. The second kappa shape index (κ2) is 15.5. The number of carbonyl (C=O) groups is 1. The molecule has 6 heteroatoms. The van der Waals surface area contributed by atoms with E-state index in [0.29, 0.717) is 18.7 Å². The second-order valence-corrected chi connectivity index (χ2v) is 11.2. The topological polar surface area (TPSA) is 81.1 Å². The number of rotatable bonds is 10. The highest BCUT2D eigenvalue weighted by atomic mass is 32.2. The quantitative estimate of drug-likeness (QED) is 0.139. The van der Waals surface area contributed by atoms with E-state index in [1.807, 2.05) is 42.1 Å². The molecule has 5 aromatic rings. The number of nitrogens with two attached hydrogens (primary N) is 2. The summed E-state index contributed by atoms with van der Waals surface area (Å²) in [5, 5.41) is 8.12. The van der Waals surface area contributed by atoms with Gasteiger partial charge in [-0.15, -0.1) is 0 Å². The lowest BCUT2D eigenvalue weighted by atomic mass is 10.1. The zero-order valence-corrected chi connectivity index (χ0v) is 24.3. The summed E-state index contributed by atoms with van der Waals surface area (Å²) in [4.78, 5) is 14.5. The molecule has 0 unspecified atom stereocenters. The van der Waals surface area contributed by atoms with Crippen LogP contribution in [-0.4, -0.2) is 30.3 Å². The molecule has 5 rings (SSSR count). The van der Waals surface area contributed by atoms with Crippen molar-refractivity contribution in [3.63, 3.8) is 0 Å². The highest BCUT2D eigenvalue weighted by Crippen LogP contribution is 2.32. The molecule has 0 saturated heterocycles. The average molecular weight is 568 g/mol. The van der Waals surface area contributed by atoms with E-state index in [1.165, 1.54) is 36.9 Å². The maximum absolute atomic E-state index is 11.9. The minimum Gasteiger partial charge on any atom is -0.351 e. The fourth-order valence-corrected chi connectivity index (χ4v) is 5.57. The minimum absolute atomic E-state index is 0.00200. The van der Waals surface area contributed by atoms with Gasteiger partial charge in [0.05, 0.1) is 6.04 Å². The molecule has 0 heterocycles. The summed E-state index contributed by atoms with van der Waals surface area (Å²) in [6.07, 6.45) is 2.14. The van der Waals surface area contributed by atoms with Gasteiger partial charge in [-0.05, 0) is 77.2 Å². The van der Waals surface area contributed by atoms with Crippen LogP contribution in [0.1, 0.15) is 18.4 Å². The van der Waals surface area contributed by atoms with Crippen LogP contribution >= 0.6 is 24.4 Å². The molecule has 0 radical (unpaired) electrons. The Morgan fingerprint density at radius 1 is 0.750 bits per heavy atom. The van der Waals surface area contributed by atoms with E-state index < -0.39 is 6.04 Å². The van der Waals surface area contributed by atoms with E-state index in [2.05, 4.69) is 103 Å². The molecule has 0 aromatic heterocycles. The van der Waals surface area contributed by atoms with Crippen LogP contribution in [0.3, 0.4) is 0 Å². The molecule has 5 aromatic carbocycles. The molecule has 1 amide bonds. The number of hydrogen-bond donors (Lipinski definition) is 4. The van der Waals surface area contributed by atoms with Crippen molar-refractivity contribution >= 4 is 51.8 Å². The van der Waals surface area contributed by atoms with Crippen molar-refractivity contribution in [1.29, 1.82) is 0 Å². The van der Waals surface area contributed by atoms with Gasteiger partial charge in [0.2, 0.25) is 5.91 Å². The lowest BCUT2D eigenvalue weighted by Gasteiger charge is -2.19. The molecular weight excluding hydrogens is 531 g/mol. The number of carbonyl (C=O) groups excluding carboxylic acids is 1. The summed E-state index contributed by atoms with van der Waals surface area (Å²) in [7, 11) is 0. The van der Waals surface area contributed by atoms with Crippen molar-refractivity contribution in [2.24, 2.45) is 11.5 Å². The highest BCUT2D eigenvalue weighted by Gasteiger charge is 2.17. The Labute approximate surface area is 247 Å². The van der Waals surface area contributed by atoms with Gasteiger partial charge >= 0.3 is 0 Å². The SMILES string of the molecule is NCCC[C@@H](N)C(=O)N[C@@H](CS)Cc1ccccc1.c1ccc2cc(Sc3ccc4ccccc4c3)ccc2c1. The first kappa shape index (κ1) is 29.7. The van der Waals surface area contributed by atoms with Crippen molar-refractivity contribution in [1.82, 2.24) is 5.32 Å². The molecule has 0 aliphatic rings. The highest BCUT2D eigenvalue weighted by molar-refractivity contribution is 7.99. The van der Waals surface area contributed by atoms with E-state index in [9.17, 15) is 4.79 Å². The number of hydrogen-bond acceptors (Lipinski definition) is 5. The summed E-state index contributed by atoms with van der Waals surface area (Å²) >= 11 is 6.10. The summed E-state index contributed by atoms with van der Waals surface area (Å²) < 4.78 is 0. The average Bonchev–Trinajstić information content (AvgIpc) is 3.00. The first-order chi connectivity index (χ1) is 19.6. The van der Waals surface area contributed by atoms with Gasteiger partial charge in [-0.3, -0.25) is 4.79 Å². The lowest BCUT2D eigenvalue weighted by Crippen LogP contribution is -2.47. The first-order valence-corrected chi connectivity index (χ1v) is 15.1. The Balaban J connectivity index is 0.000000186. The van der Waals surface area contributed by atoms with E-state index in [0.717, 1.165) is 12.8 Å². The third-order valence-corrected chi connectivity index (χ3v) is 8.05. The lowest BCUT2D eigenvalue weighted by molar-refractivity contribution is -0.123. The van der Waals surface area contributed by atoms with Gasteiger partial charge in [0.25, 0.3) is 0 Å². The Kier molecular flexibility index (Phi) is 11.5. The van der Waals surface area contributed by atoms with Crippen LogP contribution in [0, 0.1) is 0 Å². The summed E-state index contributed by atoms with van der Waals surface area (Å²) in [5.41, 5.74) is 12.4. The number of benzene rings is 5. The van der Waals surface area contributed by atoms with Gasteiger partial charge in [-0.2, -0.15) is 12.6 Å². The van der Waals surface area contributed by atoms with E-state index in [1.54, 1.807) is 0 Å². The van der Waals surface area contributed by atoms with Crippen molar-refractivity contribution in [2.45, 2.75) is 41.1 Å². The van der Waals surface area contributed by atoms with Crippen LogP contribution in [0.15, 0.2) is 125 Å². The van der Waals surface area contributed by atoms with E-state index in [-0.39, 0.29) is 11.9 Å². The molecule has 5 N–H and O–H groups in total. The Morgan fingerprint density at radius 3 is 1.80 bits per heavy atom. The van der Waals surface area contributed by atoms with Crippen LogP contribution in [0.25, 0.3) is 21.5 Å². The summed E-state index contributed by atoms with van der Waals surface area (Å²) in [5.74, 6) is 0.466. The normalized spacial score (nSPS) is 12.4. The van der Waals surface area contributed by atoms with Gasteiger partial charge in [0.1, 0.15) is 0 Å². The monoisotopic (exact) mass is 567 g/mol. The molecule has 4 nitrogen and oxygen atoms in total. The molecule has 0 saturated carbocycles. The van der Waals surface area contributed by atoms with Gasteiger partial charge < -0.3 is 16.8 Å². The Hall–Kier alpha value is -3.29. The van der Waals surface area contributed by atoms with Crippen molar-refractivity contribution in [3.8, 4) is 0 Å². The molecule has 206 valence electrons. The van der Waals surface area contributed by atoms with E-state index >= 15 is 0 Å². The maximum Gasteiger partial charge on any atom is 0.237 e. The standard InChI is InChI=1S/C20H14S.C14H23N3OS/c1-3-7-17-13-19(11-9-15(17)5-1)21-20-12-10-16-6-2-4-8-18(16)14-20;15-8-4-7-13(16)14(18)17-12(10-19)9-11-5-2-1-3-6-11/h1-14H;1-3,5-6,12-13,19H,4,7-10,15-16H2,(H,17,18)/t;12-,13-/m.1/s1. The molecule has 0 aliphatic heterocycles. The number of thiol groups is 1. The third kappa shape index (κ3) is 8.86. The van der Waals surface area contributed by atoms with Crippen LogP contribution in [0.5, 0.6) is 0 Å². The number of amides is 1. The summed E-state index contributed by atoms with van der Waals surface area (Å²) in [6, 6.07) is 39.8. The van der Waals surface area contributed by atoms with Crippen molar-refractivity contribution in [2.75, 3.05) is 12.3 Å². The zero-order chi connectivity index (χ0) is 28.2. The van der Waals surface area contributed by atoms with Crippen LogP contribution in [-0.2, 0) is 11.2 Å². The van der Waals surface area contributed by atoms with Gasteiger partial charge in [-0.25, -0.2) is 0 Å². The molecule has 40 heavy (non-hydrogen) atoms. The predicted molar refractivity (Wildman–Crippen MR) is 174 cm³/mol. The molecule has 0 bridgehead atoms. The zero-order valence-electron chi connectivity index (χ0n) is 22.6. The van der Waals surface area contributed by atoms with Crippen molar-refractivity contribution < 1.29 is 4.79 Å². The van der Waals surface area contributed by atoms with Gasteiger partial charge in [0, 0.05) is 21.6 Å². The van der Waals surface area contributed by atoms with Crippen molar-refractivity contribution in [3.05, 3.63) is 121 Å². The van der Waals surface area contributed by atoms with E-state index in [4.69, 9.17) is 11.5 Å². The number of nitrogens with one attached hydrogen (secondary N) is 1. The minimum atomic E-state index is -0.485. The molecule has 0 spiro atoms. The third-order valence-electron chi connectivity index (χ3n) is 6.63. The number of fused-ring (bicyclic) bond motifs is 2. The molecule has 0 fully saturated rings. The fraction of sp³-hybridized carbons (Fsp3) is 0.206. The van der Waals surface area contributed by atoms with Crippen LogP contribution < -0.4 is 16.8 Å².